The van der Waals surface area contributed by atoms with E-state index in [0.29, 0.717) is 12.1 Å². The molecule has 0 saturated heterocycles. The Hall–Kier alpha value is -2.23. The Bertz CT molecular complexity index is 475. The molecular formula is C12H17N5O2. The molecule has 1 N–H and O–H groups in total. The van der Waals surface area contributed by atoms with E-state index in [1.165, 1.54) is 4.68 Å². The van der Waals surface area contributed by atoms with Gasteiger partial charge in [-0.3, -0.25) is 9.59 Å². The first-order valence-corrected chi connectivity index (χ1v) is 6.20. The third kappa shape index (κ3) is 5.77. The molecule has 7 nitrogen and oxygen atoms in total. The third-order valence-corrected chi connectivity index (χ3v) is 2.44. The molecule has 102 valence electrons. The molecule has 1 amide bonds. The topological polar surface area (TPSA) is 101 Å². The maximum absolute atomic E-state index is 11.5. The van der Waals surface area contributed by atoms with Gasteiger partial charge in [0.25, 0.3) is 0 Å². The van der Waals surface area contributed by atoms with Crippen LogP contribution in [0.1, 0.15) is 31.9 Å². The van der Waals surface area contributed by atoms with Crippen molar-refractivity contribution in [1.82, 2.24) is 20.3 Å². The van der Waals surface area contributed by atoms with Crippen LogP contribution in [0.4, 0.5) is 0 Å². The molecule has 1 rings (SSSR count). The van der Waals surface area contributed by atoms with Crippen molar-refractivity contribution in [1.29, 1.82) is 5.26 Å². The molecule has 0 fully saturated rings. The van der Waals surface area contributed by atoms with Crippen molar-refractivity contribution in [2.24, 2.45) is 0 Å². The first kappa shape index (κ1) is 14.8. The predicted molar refractivity (Wildman–Crippen MR) is 66.9 cm³/mol. The van der Waals surface area contributed by atoms with Crippen molar-refractivity contribution in [3.63, 3.8) is 0 Å². The van der Waals surface area contributed by atoms with E-state index in [1.807, 2.05) is 13.0 Å². The molecule has 0 spiro atoms. The van der Waals surface area contributed by atoms with Gasteiger partial charge in [0.15, 0.2) is 5.78 Å². The molecule has 0 aliphatic rings. The van der Waals surface area contributed by atoms with Crippen molar-refractivity contribution in [3.8, 4) is 6.07 Å². The van der Waals surface area contributed by atoms with Gasteiger partial charge in [0.05, 0.1) is 30.9 Å². The minimum atomic E-state index is -0.293. The zero-order valence-electron chi connectivity index (χ0n) is 10.9. The van der Waals surface area contributed by atoms with E-state index >= 15 is 0 Å². The molecular weight excluding hydrogens is 246 g/mol. The Morgan fingerprint density at radius 1 is 1.53 bits per heavy atom. The van der Waals surface area contributed by atoms with Gasteiger partial charge in [0, 0.05) is 6.42 Å². The number of aromatic nitrogens is 3. The number of ketones is 1. The summed E-state index contributed by atoms with van der Waals surface area (Å²) in [5, 5.41) is 18.5. The minimum Gasteiger partial charge on any atom is -0.347 e. The third-order valence-electron chi connectivity index (χ3n) is 2.44. The maximum atomic E-state index is 11.5. The quantitative estimate of drug-likeness (QED) is 0.723. The number of hydrogen-bond acceptors (Lipinski definition) is 5. The summed E-state index contributed by atoms with van der Waals surface area (Å²) in [5.74, 6) is -0.266. The summed E-state index contributed by atoms with van der Waals surface area (Å²) in [7, 11) is 0. The molecule has 0 bridgehead atoms. The van der Waals surface area contributed by atoms with Gasteiger partial charge >= 0.3 is 0 Å². The first-order chi connectivity index (χ1) is 9.15. The fraction of sp³-hybridized carbons (Fsp3) is 0.583. The van der Waals surface area contributed by atoms with Crippen LogP contribution in [0.15, 0.2) is 6.20 Å². The highest BCUT2D eigenvalue weighted by Gasteiger charge is 2.07. The molecule has 0 saturated carbocycles. The summed E-state index contributed by atoms with van der Waals surface area (Å²) >= 11 is 0. The Morgan fingerprint density at radius 2 is 2.32 bits per heavy atom. The van der Waals surface area contributed by atoms with Crippen LogP contribution in [-0.2, 0) is 22.6 Å². The van der Waals surface area contributed by atoms with Gasteiger partial charge in [-0.2, -0.15) is 5.26 Å². The van der Waals surface area contributed by atoms with E-state index in [4.69, 9.17) is 5.26 Å². The fourth-order valence-electron chi connectivity index (χ4n) is 1.44. The van der Waals surface area contributed by atoms with E-state index in [9.17, 15) is 9.59 Å². The van der Waals surface area contributed by atoms with Crippen molar-refractivity contribution in [2.75, 3.05) is 6.54 Å². The van der Waals surface area contributed by atoms with Crippen LogP contribution < -0.4 is 5.32 Å². The maximum Gasteiger partial charge on any atom is 0.242 e. The molecule has 19 heavy (non-hydrogen) atoms. The Balaban J connectivity index is 2.30. The predicted octanol–water partition coefficient (Wildman–Crippen LogP) is 0.220. The van der Waals surface area contributed by atoms with Gasteiger partial charge < -0.3 is 5.32 Å². The average Bonchev–Trinajstić information content (AvgIpc) is 2.81. The lowest BCUT2D eigenvalue weighted by Gasteiger charge is -2.03. The minimum absolute atomic E-state index is 0.000510. The fourth-order valence-corrected chi connectivity index (χ4v) is 1.44. The number of hydrogen-bond donors (Lipinski definition) is 1. The molecule has 1 aromatic heterocycles. The van der Waals surface area contributed by atoms with E-state index in [0.717, 1.165) is 12.8 Å². The number of carbonyl (C=O) groups excluding carboxylic acids is 2. The standard InChI is InChI=1S/C12H17N5O2/c1-2-3-4-11(18)7-14-12(19)9-17-8-10(5-6-13)15-16-17/h8H,2-5,7,9H2,1H3,(H,14,19). The van der Waals surface area contributed by atoms with Gasteiger partial charge in [-0.1, -0.05) is 18.6 Å². The second kappa shape index (κ2) is 7.97. The molecule has 1 aromatic rings. The van der Waals surface area contributed by atoms with Crippen LogP contribution in [0, 0.1) is 11.3 Å². The van der Waals surface area contributed by atoms with Crippen LogP contribution in [0.25, 0.3) is 0 Å². The normalized spacial score (nSPS) is 9.89. The summed E-state index contributed by atoms with van der Waals surface area (Å²) in [6.45, 7) is 2.06. The second-order valence-electron chi connectivity index (χ2n) is 4.16. The molecule has 0 unspecified atom stereocenters. The van der Waals surface area contributed by atoms with Crippen molar-refractivity contribution >= 4 is 11.7 Å². The lowest BCUT2D eigenvalue weighted by Crippen LogP contribution is -2.32. The number of carbonyl (C=O) groups is 2. The summed E-state index contributed by atoms with van der Waals surface area (Å²) < 4.78 is 1.35. The Kier molecular flexibility index (Phi) is 6.22. The monoisotopic (exact) mass is 263 g/mol. The molecule has 0 aliphatic heterocycles. The van der Waals surface area contributed by atoms with Crippen LogP contribution in [0.2, 0.25) is 0 Å². The Labute approximate surface area is 111 Å². The highest BCUT2D eigenvalue weighted by molar-refractivity contribution is 5.85. The molecule has 0 aromatic carbocycles. The number of nitriles is 1. The number of nitrogens with zero attached hydrogens (tertiary/aromatic N) is 4. The molecule has 1 heterocycles. The number of nitrogens with one attached hydrogen (secondary N) is 1. The van der Waals surface area contributed by atoms with Crippen molar-refractivity contribution in [3.05, 3.63) is 11.9 Å². The largest absolute Gasteiger partial charge is 0.347 e. The number of unbranched alkanes of at least 4 members (excludes halogenated alkanes) is 1. The molecule has 0 atom stereocenters. The van der Waals surface area contributed by atoms with Crippen LogP contribution in [-0.4, -0.2) is 33.2 Å². The molecule has 0 aliphatic carbocycles. The highest BCUT2D eigenvalue weighted by Crippen LogP contribution is 1.95. The summed E-state index contributed by atoms with van der Waals surface area (Å²) in [5.41, 5.74) is 0.523. The SMILES string of the molecule is CCCCC(=O)CNC(=O)Cn1cc(CC#N)nn1. The lowest BCUT2D eigenvalue weighted by atomic mass is 10.2. The average molecular weight is 263 g/mol. The van der Waals surface area contributed by atoms with Crippen LogP contribution in [0.3, 0.4) is 0 Å². The summed E-state index contributed by atoms with van der Waals surface area (Å²) in [6.07, 6.45) is 4.00. The Morgan fingerprint density at radius 3 is 3.00 bits per heavy atom. The van der Waals surface area contributed by atoms with E-state index < -0.39 is 0 Å². The van der Waals surface area contributed by atoms with Crippen molar-refractivity contribution in [2.45, 2.75) is 39.2 Å². The molecule has 7 heteroatoms. The van der Waals surface area contributed by atoms with Gasteiger partial charge in [0.2, 0.25) is 5.91 Å². The van der Waals surface area contributed by atoms with Crippen LogP contribution in [0.5, 0.6) is 0 Å². The van der Waals surface area contributed by atoms with Gasteiger partial charge in [-0.15, -0.1) is 5.10 Å². The molecule has 0 radical (unpaired) electrons. The van der Waals surface area contributed by atoms with E-state index in [1.54, 1.807) is 6.20 Å². The van der Waals surface area contributed by atoms with Gasteiger partial charge in [-0.25, -0.2) is 4.68 Å². The van der Waals surface area contributed by atoms with E-state index in [2.05, 4.69) is 15.6 Å². The lowest BCUT2D eigenvalue weighted by molar-refractivity contribution is -0.125. The van der Waals surface area contributed by atoms with Crippen LogP contribution >= 0.6 is 0 Å². The van der Waals surface area contributed by atoms with Crippen molar-refractivity contribution < 1.29 is 9.59 Å². The zero-order valence-corrected chi connectivity index (χ0v) is 10.9. The number of Topliss-reactive ketones (excluding diaryl/α,β-unsaturated/α-hetero) is 1. The first-order valence-electron chi connectivity index (χ1n) is 6.20. The van der Waals surface area contributed by atoms with E-state index in [-0.39, 0.29) is 31.2 Å². The smallest absolute Gasteiger partial charge is 0.242 e. The highest BCUT2D eigenvalue weighted by atomic mass is 16.2. The number of amides is 1. The van der Waals surface area contributed by atoms with Gasteiger partial charge in [0.1, 0.15) is 6.54 Å². The summed E-state index contributed by atoms with van der Waals surface area (Å²) in [6, 6.07) is 1.95. The van der Waals surface area contributed by atoms with Gasteiger partial charge in [-0.05, 0) is 6.42 Å². The zero-order chi connectivity index (χ0) is 14.1. The second-order valence-corrected chi connectivity index (χ2v) is 4.16. The number of rotatable bonds is 8. The summed E-state index contributed by atoms with van der Waals surface area (Å²) in [4.78, 5) is 22.9.